The van der Waals surface area contributed by atoms with Crippen LogP contribution in [0.2, 0.25) is 0 Å². The summed E-state index contributed by atoms with van der Waals surface area (Å²) in [5, 5.41) is 7.19. The number of benzene rings is 2. The van der Waals surface area contributed by atoms with Crippen LogP contribution >= 0.6 is 0 Å². The number of aryl methyl sites for hydroxylation is 1. The van der Waals surface area contributed by atoms with E-state index in [4.69, 9.17) is 9.47 Å². The van der Waals surface area contributed by atoms with Gasteiger partial charge < -0.3 is 14.8 Å². The Morgan fingerprint density at radius 2 is 1.83 bits per heavy atom. The number of amides is 1. The van der Waals surface area contributed by atoms with Gasteiger partial charge in [0.05, 0.1) is 24.9 Å². The van der Waals surface area contributed by atoms with Gasteiger partial charge in [-0.25, -0.2) is 4.68 Å². The van der Waals surface area contributed by atoms with Crippen LogP contribution in [0.25, 0.3) is 5.69 Å². The minimum absolute atomic E-state index is 0.0525. The van der Waals surface area contributed by atoms with Crippen LogP contribution in [0.5, 0.6) is 5.75 Å². The van der Waals surface area contributed by atoms with Crippen molar-refractivity contribution in [3.63, 3.8) is 0 Å². The van der Waals surface area contributed by atoms with Crippen molar-refractivity contribution in [3.8, 4) is 11.4 Å². The highest BCUT2D eigenvalue weighted by Gasteiger charge is 2.17. The van der Waals surface area contributed by atoms with Crippen LogP contribution in [0, 0.1) is 13.8 Å². The standard InChI is InChI=1S/C22H23N3O4/c1-15-20(16(2)25(24-15)18-9-5-4-6-10-18)13-22(27)29-14-21(26)23-17-8-7-11-19(12-17)28-3/h4-12H,13-14H2,1-3H3,(H,23,26). The van der Waals surface area contributed by atoms with Crippen molar-refractivity contribution in [1.82, 2.24) is 9.78 Å². The van der Waals surface area contributed by atoms with Crippen molar-refractivity contribution in [2.75, 3.05) is 19.0 Å². The predicted octanol–water partition coefficient (Wildman–Crippen LogP) is 3.22. The van der Waals surface area contributed by atoms with E-state index in [2.05, 4.69) is 10.4 Å². The Balaban J connectivity index is 1.58. The number of nitrogens with one attached hydrogen (secondary N) is 1. The number of aromatic nitrogens is 2. The van der Waals surface area contributed by atoms with Crippen molar-refractivity contribution in [2.45, 2.75) is 20.3 Å². The maximum absolute atomic E-state index is 12.3. The molecule has 0 aliphatic rings. The number of hydrogen-bond acceptors (Lipinski definition) is 5. The Labute approximate surface area is 169 Å². The summed E-state index contributed by atoms with van der Waals surface area (Å²) in [6.07, 6.45) is 0.0525. The van der Waals surface area contributed by atoms with Gasteiger partial charge in [0.25, 0.3) is 5.91 Å². The third kappa shape index (κ3) is 5.01. The first-order chi connectivity index (χ1) is 14.0. The maximum Gasteiger partial charge on any atom is 0.310 e. The molecule has 0 saturated carbocycles. The zero-order chi connectivity index (χ0) is 20.8. The molecule has 1 N–H and O–H groups in total. The Kier molecular flexibility index (Phi) is 6.29. The molecule has 0 atom stereocenters. The smallest absolute Gasteiger partial charge is 0.310 e. The summed E-state index contributed by atoms with van der Waals surface area (Å²) in [7, 11) is 1.55. The molecule has 1 heterocycles. The molecule has 1 amide bonds. The van der Waals surface area contributed by atoms with Crippen molar-refractivity contribution in [1.29, 1.82) is 0 Å². The van der Waals surface area contributed by atoms with Crippen molar-refractivity contribution in [2.24, 2.45) is 0 Å². The van der Waals surface area contributed by atoms with Gasteiger partial charge in [0.2, 0.25) is 0 Å². The quantitative estimate of drug-likeness (QED) is 0.623. The third-order valence-corrected chi connectivity index (χ3v) is 4.48. The maximum atomic E-state index is 12.3. The second kappa shape index (κ2) is 9.05. The lowest BCUT2D eigenvalue weighted by atomic mass is 10.1. The number of nitrogens with zero attached hydrogens (tertiary/aromatic N) is 2. The molecule has 0 radical (unpaired) electrons. The number of hydrogen-bond donors (Lipinski definition) is 1. The molecular formula is C22H23N3O4. The van der Waals surface area contributed by atoms with E-state index < -0.39 is 11.9 Å². The number of methoxy groups -OCH3 is 1. The summed E-state index contributed by atoms with van der Waals surface area (Å²) in [6, 6.07) is 16.6. The van der Waals surface area contributed by atoms with Gasteiger partial charge in [-0.2, -0.15) is 5.10 Å². The number of carbonyl (C=O) groups is 2. The molecule has 1 aromatic heterocycles. The molecule has 0 fully saturated rings. The summed E-state index contributed by atoms with van der Waals surface area (Å²) in [6.45, 7) is 3.40. The number of para-hydroxylation sites is 1. The summed E-state index contributed by atoms with van der Waals surface area (Å²) in [5.74, 6) is -0.272. The van der Waals surface area contributed by atoms with Crippen molar-refractivity contribution >= 4 is 17.6 Å². The van der Waals surface area contributed by atoms with E-state index in [-0.39, 0.29) is 13.0 Å². The lowest BCUT2D eigenvalue weighted by Crippen LogP contribution is -2.21. The Bertz CT molecular complexity index is 1010. The van der Waals surface area contributed by atoms with Gasteiger partial charge in [0.15, 0.2) is 6.61 Å². The Hall–Kier alpha value is -3.61. The summed E-state index contributed by atoms with van der Waals surface area (Å²) in [4.78, 5) is 24.3. The molecule has 150 valence electrons. The highest BCUT2D eigenvalue weighted by atomic mass is 16.5. The van der Waals surface area contributed by atoms with Gasteiger partial charge in [-0.1, -0.05) is 24.3 Å². The molecule has 0 saturated heterocycles. The van der Waals surface area contributed by atoms with E-state index in [0.29, 0.717) is 11.4 Å². The van der Waals surface area contributed by atoms with Gasteiger partial charge in [-0.05, 0) is 38.1 Å². The summed E-state index contributed by atoms with van der Waals surface area (Å²) in [5.41, 5.74) is 3.91. The van der Waals surface area contributed by atoms with Crippen LogP contribution in [0.1, 0.15) is 17.0 Å². The molecule has 0 spiro atoms. The highest BCUT2D eigenvalue weighted by Crippen LogP contribution is 2.19. The highest BCUT2D eigenvalue weighted by molar-refractivity contribution is 5.93. The molecule has 7 heteroatoms. The van der Waals surface area contributed by atoms with Crippen LogP contribution < -0.4 is 10.1 Å². The lowest BCUT2D eigenvalue weighted by molar-refractivity contribution is -0.146. The van der Waals surface area contributed by atoms with E-state index in [0.717, 1.165) is 22.6 Å². The average molecular weight is 393 g/mol. The van der Waals surface area contributed by atoms with Gasteiger partial charge >= 0.3 is 5.97 Å². The molecule has 0 bridgehead atoms. The number of ether oxygens (including phenoxy) is 2. The van der Waals surface area contributed by atoms with E-state index in [1.807, 2.05) is 44.2 Å². The first-order valence-electron chi connectivity index (χ1n) is 9.18. The van der Waals surface area contributed by atoms with Gasteiger partial charge in [-0.3, -0.25) is 9.59 Å². The van der Waals surface area contributed by atoms with Crippen molar-refractivity contribution < 1.29 is 19.1 Å². The van der Waals surface area contributed by atoms with E-state index >= 15 is 0 Å². The van der Waals surface area contributed by atoms with E-state index in [1.54, 1.807) is 36.1 Å². The van der Waals surface area contributed by atoms with Crippen molar-refractivity contribution in [3.05, 3.63) is 71.5 Å². The molecule has 0 aliphatic heterocycles. The minimum atomic E-state index is -0.482. The molecule has 29 heavy (non-hydrogen) atoms. The number of esters is 1. The zero-order valence-corrected chi connectivity index (χ0v) is 16.6. The van der Waals surface area contributed by atoms with Crippen LogP contribution in [0.3, 0.4) is 0 Å². The number of carbonyl (C=O) groups excluding carboxylic acids is 2. The Morgan fingerprint density at radius 3 is 2.55 bits per heavy atom. The summed E-state index contributed by atoms with van der Waals surface area (Å²) < 4.78 is 12.1. The third-order valence-electron chi connectivity index (χ3n) is 4.48. The van der Waals surface area contributed by atoms with Gasteiger partial charge in [-0.15, -0.1) is 0 Å². The molecule has 0 aliphatic carbocycles. The molecule has 3 aromatic rings. The first-order valence-corrected chi connectivity index (χ1v) is 9.18. The van der Waals surface area contributed by atoms with E-state index in [9.17, 15) is 9.59 Å². The fourth-order valence-corrected chi connectivity index (χ4v) is 2.99. The van der Waals surface area contributed by atoms with Crippen LogP contribution in [0.4, 0.5) is 5.69 Å². The average Bonchev–Trinajstić information content (AvgIpc) is 3.01. The van der Waals surface area contributed by atoms with Gasteiger partial charge in [0.1, 0.15) is 5.75 Å². The SMILES string of the molecule is COc1cccc(NC(=O)COC(=O)Cc2c(C)nn(-c3ccccc3)c2C)c1. The van der Waals surface area contributed by atoms with E-state index in [1.165, 1.54) is 0 Å². The monoisotopic (exact) mass is 393 g/mol. The zero-order valence-electron chi connectivity index (χ0n) is 16.6. The normalized spacial score (nSPS) is 10.4. The van der Waals surface area contributed by atoms with Crippen LogP contribution in [-0.2, 0) is 20.7 Å². The van der Waals surface area contributed by atoms with Gasteiger partial charge in [0, 0.05) is 23.0 Å². The predicted molar refractivity (Wildman–Crippen MR) is 109 cm³/mol. The lowest BCUT2D eigenvalue weighted by Gasteiger charge is -2.08. The largest absolute Gasteiger partial charge is 0.497 e. The summed E-state index contributed by atoms with van der Waals surface area (Å²) >= 11 is 0. The molecule has 2 aromatic carbocycles. The fourth-order valence-electron chi connectivity index (χ4n) is 2.99. The molecule has 0 unspecified atom stereocenters. The first kappa shape index (κ1) is 20.1. The van der Waals surface area contributed by atoms with Crippen LogP contribution in [0.15, 0.2) is 54.6 Å². The Morgan fingerprint density at radius 1 is 1.07 bits per heavy atom. The number of rotatable bonds is 7. The number of anilines is 1. The minimum Gasteiger partial charge on any atom is -0.497 e. The second-order valence-corrected chi connectivity index (χ2v) is 6.51. The topological polar surface area (TPSA) is 82.4 Å². The molecule has 7 nitrogen and oxygen atoms in total. The molecular weight excluding hydrogens is 370 g/mol. The van der Waals surface area contributed by atoms with Crippen LogP contribution in [-0.4, -0.2) is 35.4 Å². The second-order valence-electron chi connectivity index (χ2n) is 6.51. The fraction of sp³-hybridized carbons (Fsp3) is 0.227. The molecule has 3 rings (SSSR count).